The molecule has 0 aliphatic carbocycles. The predicted octanol–water partition coefficient (Wildman–Crippen LogP) is 4.44. The summed E-state index contributed by atoms with van der Waals surface area (Å²) in [6.45, 7) is 0.619. The fourth-order valence-corrected chi connectivity index (χ4v) is 2.57. The van der Waals surface area contributed by atoms with Crippen LogP contribution in [-0.2, 0) is 0 Å². The molecule has 0 saturated carbocycles. The average molecular weight is 351 g/mol. The smallest absolute Gasteiger partial charge is 0.139 e. The van der Waals surface area contributed by atoms with Crippen LogP contribution in [0.25, 0.3) is 5.70 Å². The zero-order chi connectivity index (χ0) is 15.0. The molecule has 0 aromatic heterocycles. The predicted molar refractivity (Wildman–Crippen MR) is 83.6 cm³/mol. The van der Waals surface area contributed by atoms with Crippen LogP contribution in [0.15, 0.2) is 53.1 Å². The van der Waals surface area contributed by atoms with Crippen molar-refractivity contribution in [2.45, 2.75) is 0 Å². The van der Waals surface area contributed by atoms with Gasteiger partial charge in [0.05, 0.1) is 16.8 Å². The van der Waals surface area contributed by atoms with Gasteiger partial charge >= 0.3 is 0 Å². The largest absolute Gasteiger partial charge is 0.355 e. The summed E-state index contributed by atoms with van der Waals surface area (Å²) in [6.07, 6.45) is 1.94. The van der Waals surface area contributed by atoms with Crippen molar-refractivity contribution < 1.29 is 8.78 Å². The van der Waals surface area contributed by atoms with Crippen LogP contribution in [0.4, 0.5) is 14.5 Å². The molecule has 0 N–H and O–H groups in total. The minimum absolute atomic E-state index is 0.258. The lowest BCUT2D eigenvalue weighted by Gasteiger charge is -2.19. The normalized spacial score (nSPS) is 14.6. The van der Waals surface area contributed by atoms with Gasteiger partial charge in [0.15, 0.2) is 0 Å². The Morgan fingerprint density at radius 2 is 1.76 bits per heavy atom. The van der Waals surface area contributed by atoms with E-state index in [2.05, 4.69) is 15.9 Å². The second-order valence-electron chi connectivity index (χ2n) is 4.93. The summed E-state index contributed by atoms with van der Waals surface area (Å²) < 4.78 is 27.1. The highest BCUT2D eigenvalue weighted by Crippen LogP contribution is 2.30. The minimum atomic E-state index is -0.293. The van der Waals surface area contributed by atoms with E-state index in [0.29, 0.717) is 11.1 Å². The molecule has 1 aliphatic heterocycles. The fourth-order valence-electron chi connectivity index (χ4n) is 2.33. The van der Waals surface area contributed by atoms with E-state index in [1.165, 1.54) is 18.2 Å². The SMILES string of the molecule is CN1CN(c2ccc(Br)c(F)c2)C=C1c1ccc(F)cc1. The van der Waals surface area contributed by atoms with E-state index in [-0.39, 0.29) is 11.6 Å². The van der Waals surface area contributed by atoms with Gasteiger partial charge in [-0.05, 0) is 64.0 Å². The summed E-state index contributed by atoms with van der Waals surface area (Å²) in [5.74, 6) is -0.550. The highest BCUT2D eigenvalue weighted by atomic mass is 79.9. The van der Waals surface area contributed by atoms with Crippen LogP contribution < -0.4 is 4.90 Å². The lowest BCUT2D eigenvalue weighted by Crippen LogP contribution is -2.22. The number of halogens is 3. The van der Waals surface area contributed by atoms with Crippen molar-refractivity contribution >= 4 is 27.3 Å². The number of anilines is 1. The third kappa shape index (κ3) is 2.78. The standard InChI is InChI=1S/C16H13BrF2N2/c1-20-10-21(13-6-7-14(17)15(19)8-13)9-16(20)11-2-4-12(18)5-3-11/h2-9H,10H2,1H3. The summed E-state index contributed by atoms with van der Waals surface area (Å²) >= 11 is 3.15. The molecule has 1 heterocycles. The van der Waals surface area contributed by atoms with Crippen molar-refractivity contribution in [2.24, 2.45) is 0 Å². The van der Waals surface area contributed by atoms with Crippen molar-refractivity contribution in [1.29, 1.82) is 0 Å². The average Bonchev–Trinajstić information content (AvgIpc) is 2.85. The van der Waals surface area contributed by atoms with Crippen molar-refractivity contribution in [3.63, 3.8) is 0 Å². The Kier molecular flexibility index (Phi) is 3.68. The first kappa shape index (κ1) is 14.1. The highest BCUT2D eigenvalue weighted by Gasteiger charge is 2.20. The zero-order valence-corrected chi connectivity index (χ0v) is 12.9. The lowest BCUT2D eigenvalue weighted by atomic mass is 10.1. The molecule has 0 saturated heterocycles. The molecule has 0 atom stereocenters. The molecule has 0 bridgehead atoms. The Labute approximate surface area is 130 Å². The van der Waals surface area contributed by atoms with Gasteiger partial charge in [-0.25, -0.2) is 8.78 Å². The topological polar surface area (TPSA) is 6.48 Å². The molecule has 0 fully saturated rings. The van der Waals surface area contributed by atoms with Crippen molar-refractivity contribution in [3.05, 3.63) is 70.3 Å². The summed E-state index contributed by atoms with van der Waals surface area (Å²) in [5.41, 5.74) is 2.68. The monoisotopic (exact) mass is 350 g/mol. The van der Waals surface area contributed by atoms with Gasteiger partial charge in [0.2, 0.25) is 0 Å². The molecule has 108 valence electrons. The third-order valence-corrected chi connectivity index (χ3v) is 4.07. The molecule has 0 amide bonds. The Bertz CT molecular complexity index is 698. The molecule has 2 nitrogen and oxygen atoms in total. The van der Waals surface area contributed by atoms with E-state index < -0.39 is 0 Å². The van der Waals surface area contributed by atoms with Crippen LogP contribution in [0.3, 0.4) is 0 Å². The second-order valence-corrected chi connectivity index (χ2v) is 5.78. The molecule has 0 spiro atoms. The molecule has 21 heavy (non-hydrogen) atoms. The molecule has 0 unspecified atom stereocenters. The quantitative estimate of drug-likeness (QED) is 0.790. The van der Waals surface area contributed by atoms with Crippen LogP contribution in [0.1, 0.15) is 5.56 Å². The van der Waals surface area contributed by atoms with Crippen LogP contribution in [0.2, 0.25) is 0 Å². The first-order chi connectivity index (χ1) is 10.0. The number of nitrogens with zero attached hydrogens (tertiary/aromatic N) is 2. The van der Waals surface area contributed by atoms with Crippen molar-refractivity contribution in [3.8, 4) is 0 Å². The molecular weight excluding hydrogens is 338 g/mol. The first-order valence-corrected chi connectivity index (χ1v) is 7.24. The van der Waals surface area contributed by atoms with E-state index >= 15 is 0 Å². The zero-order valence-electron chi connectivity index (χ0n) is 11.4. The van der Waals surface area contributed by atoms with Gasteiger partial charge in [-0.3, -0.25) is 0 Å². The summed E-state index contributed by atoms with van der Waals surface area (Å²) in [6, 6.07) is 11.4. The maximum Gasteiger partial charge on any atom is 0.139 e. The Morgan fingerprint density at radius 1 is 1.05 bits per heavy atom. The first-order valence-electron chi connectivity index (χ1n) is 6.45. The summed E-state index contributed by atoms with van der Waals surface area (Å²) in [5, 5.41) is 0. The van der Waals surface area contributed by atoms with Crippen LogP contribution in [0, 0.1) is 11.6 Å². The maximum atomic E-state index is 13.6. The van der Waals surface area contributed by atoms with Gasteiger partial charge < -0.3 is 9.80 Å². The fraction of sp³-hybridized carbons (Fsp3) is 0.125. The van der Waals surface area contributed by atoms with Crippen molar-refractivity contribution in [1.82, 2.24) is 4.90 Å². The maximum absolute atomic E-state index is 13.6. The molecule has 1 aliphatic rings. The number of hydrogen-bond donors (Lipinski definition) is 0. The summed E-state index contributed by atoms with van der Waals surface area (Å²) in [7, 11) is 1.95. The molecule has 3 rings (SSSR count). The lowest BCUT2D eigenvalue weighted by molar-refractivity contribution is 0.516. The number of hydrogen-bond acceptors (Lipinski definition) is 2. The molecule has 5 heteroatoms. The molecular formula is C16H13BrF2N2. The van der Waals surface area contributed by atoms with E-state index in [0.717, 1.165) is 16.9 Å². The molecule has 0 radical (unpaired) electrons. The second kappa shape index (κ2) is 5.48. The molecule has 2 aromatic carbocycles. The molecule has 2 aromatic rings. The van der Waals surface area contributed by atoms with Crippen LogP contribution >= 0.6 is 15.9 Å². The summed E-state index contributed by atoms with van der Waals surface area (Å²) in [4.78, 5) is 3.99. The van der Waals surface area contributed by atoms with Gasteiger partial charge in [-0.2, -0.15) is 0 Å². The number of benzene rings is 2. The Balaban J connectivity index is 1.92. The minimum Gasteiger partial charge on any atom is -0.355 e. The Hall–Kier alpha value is -1.88. The highest BCUT2D eigenvalue weighted by molar-refractivity contribution is 9.10. The van der Waals surface area contributed by atoms with E-state index in [1.807, 2.05) is 29.1 Å². The number of rotatable bonds is 2. The van der Waals surface area contributed by atoms with E-state index in [1.54, 1.807) is 18.2 Å². The van der Waals surface area contributed by atoms with E-state index in [4.69, 9.17) is 0 Å². The van der Waals surface area contributed by atoms with Crippen LogP contribution in [-0.4, -0.2) is 18.6 Å². The third-order valence-electron chi connectivity index (χ3n) is 3.43. The van der Waals surface area contributed by atoms with Gasteiger partial charge in [0.25, 0.3) is 0 Å². The van der Waals surface area contributed by atoms with Crippen LogP contribution in [0.5, 0.6) is 0 Å². The Morgan fingerprint density at radius 3 is 2.43 bits per heavy atom. The van der Waals surface area contributed by atoms with E-state index in [9.17, 15) is 8.78 Å². The van der Waals surface area contributed by atoms with Gasteiger partial charge in [0.1, 0.15) is 11.6 Å². The van der Waals surface area contributed by atoms with Crippen molar-refractivity contribution in [2.75, 3.05) is 18.6 Å². The van der Waals surface area contributed by atoms with Gasteiger partial charge in [-0.1, -0.05) is 0 Å². The van der Waals surface area contributed by atoms with Gasteiger partial charge in [-0.15, -0.1) is 0 Å². The van der Waals surface area contributed by atoms with Gasteiger partial charge in [0, 0.05) is 18.9 Å².